The van der Waals surface area contributed by atoms with Crippen LogP contribution in [-0.4, -0.2) is 4.98 Å². The number of hydrogen-bond acceptors (Lipinski definition) is 1. The molecule has 0 unspecified atom stereocenters. The Morgan fingerprint density at radius 3 is 2.59 bits per heavy atom. The van der Waals surface area contributed by atoms with Crippen LogP contribution in [0.25, 0.3) is 22.2 Å². The van der Waals surface area contributed by atoms with Crippen LogP contribution >= 0.6 is 0 Å². The maximum absolute atomic E-state index is 4.58. The molecule has 2 heteroatoms. The maximum atomic E-state index is 4.58. The standard InChI is InChI=1S/C20H23N2/c1-14(2)11-16-9-10-19-18(12-16)20(22(4)13-21-19)17-8-6-5-7-15(17)3/h5-10,12-14H,11H2,1-4H3/q+1. The number of fused-ring (bicyclic) bond motifs is 1. The highest BCUT2D eigenvalue weighted by Gasteiger charge is 2.16. The largest absolute Gasteiger partial charge is 0.287 e. The summed E-state index contributed by atoms with van der Waals surface area (Å²) in [7, 11) is 2.07. The summed E-state index contributed by atoms with van der Waals surface area (Å²) in [6.45, 7) is 6.69. The molecule has 0 saturated carbocycles. The molecule has 0 aliphatic heterocycles. The van der Waals surface area contributed by atoms with Gasteiger partial charge in [0.2, 0.25) is 0 Å². The highest BCUT2D eigenvalue weighted by Crippen LogP contribution is 2.27. The summed E-state index contributed by atoms with van der Waals surface area (Å²) in [5.41, 5.74) is 6.25. The minimum Gasteiger partial charge on any atom is -0.232 e. The van der Waals surface area contributed by atoms with Gasteiger partial charge in [-0.2, -0.15) is 0 Å². The van der Waals surface area contributed by atoms with E-state index in [0.717, 1.165) is 11.9 Å². The van der Waals surface area contributed by atoms with E-state index in [-0.39, 0.29) is 0 Å². The topological polar surface area (TPSA) is 16.8 Å². The molecule has 0 aliphatic rings. The molecule has 1 aromatic heterocycles. The van der Waals surface area contributed by atoms with Gasteiger partial charge in [0, 0.05) is 5.56 Å². The molecule has 0 amide bonds. The van der Waals surface area contributed by atoms with E-state index < -0.39 is 0 Å². The number of benzene rings is 2. The van der Waals surface area contributed by atoms with Crippen molar-refractivity contribution in [1.82, 2.24) is 4.98 Å². The van der Waals surface area contributed by atoms with Gasteiger partial charge >= 0.3 is 0 Å². The molecular formula is C20H23N2+. The van der Waals surface area contributed by atoms with E-state index in [1.165, 1.54) is 27.8 Å². The molecule has 0 spiro atoms. The normalized spacial score (nSPS) is 11.3. The van der Waals surface area contributed by atoms with Gasteiger partial charge in [0.25, 0.3) is 6.33 Å². The van der Waals surface area contributed by atoms with Crippen molar-refractivity contribution in [2.75, 3.05) is 0 Å². The Hall–Kier alpha value is -2.22. The van der Waals surface area contributed by atoms with Crippen LogP contribution in [0.2, 0.25) is 0 Å². The second-order valence-corrected chi connectivity index (χ2v) is 6.47. The Bertz CT molecular complexity index is 819. The quantitative estimate of drug-likeness (QED) is 0.660. The zero-order valence-electron chi connectivity index (χ0n) is 13.8. The zero-order valence-corrected chi connectivity index (χ0v) is 13.8. The SMILES string of the molecule is Cc1ccccc1-c1c2cc(CC(C)C)ccc2nc[n+]1C. The minimum atomic E-state index is 0.657. The third kappa shape index (κ3) is 2.74. The number of aryl methyl sites for hydroxylation is 2. The second kappa shape index (κ2) is 5.88. The van der Waals surface area contributed by atoms with Crippen LogP contribution in [0.1, 0.15) is 25.0 Å². The minimum absolute atomic E-state index is 0.657. The molecule has 0 atom stereocenters. The van der Waals surface area contributed by atoms with Crippen molar-refractivity contribution in [3.63, 3.8) is 0 Å². The van der Waals surface area contributed by atoms with Crippen LogP contribution in [0, 0.1) is 12.8 Å². The summed E-state index contributed by atoms with van der Waals surface area (Å²) in [5, 5.41) is 1.23. The third-order valence-corrected chi connectivity index (χ3v) is 4.08. The van der Waals surface area contributed by atoms with Gasteiger partial charge in [-0.15, -0.1) is 0 Å². The molecule has 2 aromatic carbocycles. The Morgan fingerprint density at radius 1 is 1.09 bits per heavy atom. The van der Waals surface area contributed by atoms with Crippen LogP contribution in [0.3, 0.4) is 0 Å². The lowest BCUT2D eigenvalue weighted by molar-refractivity contribution is -0.662. The lowest BCUT2D eigenvalue weighted by atomic mass is 9.97. The summed E-state index contributed by atoms with van der Waals surface area (Å²) in [6.07, 6.45) is 3.01. The first kappa shape index (κ1) is 14.7. The first-order valence-electron chi connectivity index (χ1n) is 7.89. The van der Waals surface area contributed by atoms with Gasteiger partial charge in [0.1, 0.15) is 5.69 Å². The fourth-order valence-electron chi connectivity index (χ4n) is 3.05. The van der Waals surface area contributed by atoms with Gasteiger partial charge in [0.15, 0.2) is 5.52 Å². The average molecular weight is 291 g/mol. The van der Waals surface area contributed by atoms with Crippen LogP contribution in [0.15, 0.2) is 48.8 Å². The third-order valence-electron chi connectivity index (χ3n) is 4.08. The van der Waals surface area contributed by atoms with Crippen LogP contribution in [0.5, 0.6) is 0 Å². The number of hydrogen-bond donors (Lipinski definition) is 0. The highest BCUT2D eigenvalue weighted by atomic mass is 15.0. The van der Waals surface area contributed by atoms with Gasteiger partial charge < -0.3 is 0 Å². The van der Waals surface area contributed by atoms with Crippen molar-refractivity contribution in [1.29, 1.82) is 0 Å². The van der Waals surface area contributed by atoms with E-state index in [2.05, 4.69) is 79.8 Å². The van der Waals surface area contributed by atoms with Crippen molar-refractivity contribution in [3.05, 3.63) is 59.9 Å². The van der Waals surface area contributed by atoms with Crippen molar-refractivity contribution < 1.29 is 4.57 Å². The van der Waals surface area contributed by atoms with E-state index in [4.69, 9.17) is 0 Å². The Kier molecular flexibility index (Phi) is 3.93. The Labute approximate surface area is 132 Å². The van der Waals surface area contributed by atoms with E-state index in [1.54, 1.807) is 0 Å². The summed E-state index contributed by atoms with van der Waals surface area (Å²) in [4.78, 5) is 4.58. The van der Waals surface area contributed by atoms with Crippen molar-refractivity contribution >= 4 is 10.9 Å². The van der Waals surface area contributed by atoms with E-state index in [0.29, 0.717) is 5.92 Å². The Morgan fingerprint density at radius 2 is 1.86 bits per heavy atom. The van der Waals surface area contributed by atoms with Crippen LogP contribution in [-0.2, 0) is 13.5 Å². The average Bonchev–Trinajstić information content (AvgIpc) is 2.48. The van der Waals surface area contributed by atoms with E-state index in [1.807, 2.05) is 6.33 Å². The molecule has 3 aromatic rings. The molecule has 0 radical (unpaired) electrons. The molecule has 2 nitrogen and oxygen atoms in total. The Balaban J connectivity index is 2.28. The first-order chi connectivity index (χ1) is 10.6. The molecule has 112 valence electrons. The van der Waals surface area contributed by atoms with Crippen molar-refractivity contribution in [2.24, 2.45) is 13.0 Å². The van der Waals surface area contributed by atoms with Gasteiger partial charge in [-0.1, -0.05) is 44.2 Å². The molecule has 0 N–H and O–H groups in total. The first-order valence-corrected chi connectivity index (χ1v) is 7.89. The number of aromatic nitrogens is 2. The molecule has 3 rings (SSSR count). The summed E-state index contributed by atoms with van der Waals surface area (Å²) in [5.74, 6) is 0.657. The molecule has 22 heavy (non-hydrogen) atoms. The maximum Gasteiger partial charge on any atom is 0.287 e. The molecule has 0 saturated heterocycles. The number of rotatable bonds is 3. The zero-order chi connectivity index (χ0) is 15.7. The smallest absolute Gasteiger partial charge is 0.232 e. The molecule has 0 aliphatic carbocycles. The van der Waals surface area contributed by atoms with Crippen molar-refractivity contribution in [3.8, 4) is 11.3 Å². The van der Waals surface area contributed by atoms with Gasteiger partial charge in [0.05, 0.1) is 12.4 Å². The van der Waals surface area contributed by atoms with Crippen LogP contribution in [0.4, 0.5) is 0 Å². The highest BCUT2D eigenvalue weighted by molar-refractivity contribution is 5.91. The lowest BCUT2D eigenvalue weighted by Crippen LogP contribution is -2.31. The number of nitrogens with zero attached hydrogens (tertiary/aromatic N) is 2. The summed E-state index contributed by atoms with van der Waals surface area (Å²) < 4.78 is 2.13. The van der Waals surface area contributed by atoms with Gasteiger partial charge in [-0.05, 0) is 47.5 Å². The van der Waals surface area contributed by atoms with Crippen molar-refractivity contribution in [2.45, 2.75) is 27.2 Å². The predicted molar refractivity (Wildman–Crippen MR) is 91.6 cm³/mol. The molecular weight excluding hydrogens is 268 g/mol. The van der Waals surface area contributed by atoms with Gasteiger partial charge in [-0.3, -0.25) is 0 Å². The second-order valence-electron chi connectivity index (χ2n) is 6.47. The predicted octanol–water partition coefficient (Wildman–Crippen LogP) is 4.23. The van der Waals surface area contributed by atoms with E-state index in [9.17, 15) is 0 Å². The fourth-order valence-corrected chi connectivity index (χ4v) is 3.05. The summed E-state index contributed by atoms with van der Waals surface area (Å²) >= 11 is 0. The van der Waals surface area contributed by atoms with E-state index >= 15 is 0 Å². The van der Waals surface area contributed by atoms with Gasteiger partial charge in [-0.25, -0.2) is 4.57 Å². The lowest BCUT2D eigenvalue weighted by Gasteiger charge is -2.10. The molecule has 1 heterocycles. The summed E-state index contributed by atoms with van der Waals surface area (Å²) in [6, 6.07) is 15.2. The van der Waals surface area contributed by atoms with Crippen LogP contribution < -0.4 is 4.57 Å². The monoisotopic (exact) mass is 291 g/mol. The fraction of sp³-hybridized carbons (Fsp3) is 0.300. The molecule has 0 bridgehead atoms. The molecule has 0 fully saturated rings.